The first-order chi connectivity index (χ1) is 14.5. The standard InChI is InChI=1S/C23H25ClN4O2/c1-15-9-10-18(12-16(15)2)25-23(29)17-6-5-11-28(13-17)14-21-26-22(27-30-21)19-7-3-4-8-20(19)24/h3-4,7-10,12,17H,5-6,11,13-14H2,1-2H3,(H,25,29). The lowest BCUT2D eigenvalue weighted by molar-refractivity contribution is -0.121. The summed E-state index contributed by atoms with van der Waals surface area (Å²) in [5.41, 5.74) is 3.98. The number of hydrogen-bond donors (Lipinski definition) is 1. The third-order valence-electron chi connectivity index (χ3n) is 5.59. The van der Waals surface area contributed by atoms with Crippen LogP contribution in [-0.4, -0.2) is 34.0 Å². The fraction of sp³-hybridized carbons (Fsp3) is 0.348. The zero-order valence-electron chi connectivity index (χ0n) is 17.2. The second-order valence-corrected chi connectivity index (χ2v) is 8.26. The number of piperidine rings is 1. The van der Waals surface area contributed by atoms with Crippen LogP contribution in [0.3, 0.4) is 0 Å². The molecule has 1 aromatic heterocycles. The largest absolute Gasteiger partial charge is 0.338 e. The summed E-state index contributed by atoms with van der Waals surface area (Å²) in [7, 11) is 0. The highest BCUT2D eigenvalue weighted by atomic mass is 35.5. The zero-order chi connectivity index (χ0) is 21.1. The third-order valence-corrected chi connectivity index (χ3v) is 5.92. The van der Waals surface area contributed by atoms with Crippen LogP contribution in [0.2, 0.25) is 5.02 Å². The average molecular weight is 425 g/mol. The smallest absolute Gasteiger partial charge is 0.241 e. The molecule has 4 rings (SSSR count). The van der Waals surface area contributed by atoms with Gasteiger partial charge in [-0.05, 0) is 68.6 Å². The molecule has 0 spiro atoms. The van der Waals surface area contributed by atoms with E-state index in [1.165, 1.54) is 11.1 Å². The van der Waals surface area contributed by atoms with E-state index in [0.29, 0.717) is 29.8 Å². The Bertz CT molecular complexity index is 1050. The van der Waals surface area contributed by atoms with Crippen LogP contribution in [0.4, 0.5) is 5.69 Å². The molecule has 2 heterocycles. The van der Waals surface area contributed by atoms with Crippen molar-refractivity contribution in [3.8, 4) is 11.4 Å². The number of hydrogen-bond acceptors (Lipinski definition) is 5. The van der Waals surface area contributed by atoms with Crippen molar-refractivity contribution in [3.05, 3.63) is 64.5 Å². The summed E-state index contributed by atoms with van der Waals surface area (Å²) in [5, 5.41) is 7.71. The lowest BCUT2D eigenvalue weighted by atomic mass is 9.97. The molecule has 1 atom stereocenters. The van der Waals surface area contributed by atoms with Gasteiger partial charge in [-0.2, -0.15) is 4.98 Å². The van der Waals surface area contributed by atoms with Crippen LogP contribution in [0.25, 0.3) is 11.4 Å². The molecule has 0 bridgehead atoms. The molecule has 0 saturated carbocycles. The molecule has 1 unspecified atom stereocenters. The number of anilines is 1. The Labute approximate surface area is 181 Å². The SMILES string of the molecule is Cc1ccc(NC(=O)C2CCCN(Cc3nc(-c4ccccc4Cl)no3)C2)cc1C. The van der Waals surface area contributed by atoms with Crippen molar-refractivity contribution >= 4 is 23.2 Å². The van der Waals surface area contributed by atoms with Crippen molar-refractivity contribution in [2.24, 2.45) is 5.92 Å². The summed E-state index contributed by atoms with van der Waals surface area (Å²) in [4.78, 5) is 19.5. The number of rotatable bonds is 5. The van der Waals surface area contributed by atoms with Crippen LogP contribution in [0.15, 0.2) is 47.0 Å². The van der Waals surface area contributed by atoms with Gasteiger partial charge in [0, 0.05) is 17.8 Å². The van der Waals surface area contributed by atoms with Gasteiger partial charge in [-0.15, -0.1) is 0 Å². The number of nitrogens with one attached hydrogen (secondary N) is 1. The summed E-state index contributed by atoms with van der Waals surface area (Å²) < 4.78 is 5.43. The predicted octanol–water partition coefficient (Wildman–Crippen LogP) is 4.86. The van der Waals surface area contributed by atoms with Gasteiger partial charge >= 0.3 is 0 Å². The minimum absolute atomic E-state index is 0.0604. The second-order valence-electron chi connectivity index (χ2n) is 7.85. The molecule has 1 aliphatic heterocycles. The molecule has 1 fully saturated rings. The molecule has 1 aliphatic rings. The Morgan fingerprint density at radius 2 is 2.07 bits per heavy atom. The van der Waals surface area contributed by atoms with E-state index in [2.05, 4.69) is 34.2 Å². The van der Waals surface area contributed by atoms with Gasteiger partial charge in [-0.3, -0.25) is 9.69 Å². The molecule has 1 saturated heterocycles. The van der Waals surface area contributed by atoms with Crippen LogP contribution < -0.4 is 5.32 Å². The van der Waals surface area contributed by atoms with Crippen molar-refractivity contribution in [2.75, 3.05) is 18.4 Å². The Hall–Kier alpha value is -2.70. The first kappa shape index (κ1) is 20.6. The maximum absolute atomic E-state index is 12.8. The van der Waals surface area contributed by atoms with E-state index in [9.17, 15) is 4.79 Å². The number of likely N-dealkylation sites (tertiary alicyclic amines) is 1. The lowest BCUT2D eigenvalue weighted by Crippen LogP contribution is -2.40. The van der Waals surface area contributed by atoms with E-state index in [4.69, 9.17) is 16.1 Å². The maximum atomic E-state index is 12.8. The highest BCUT2D eigenvalue weighted by Crippen LogP contribution is 2.26. The number of amides is 1. The Kier molecular flexibility index (Phi) is 6.16. The Morgan fingerprint density at radius 1 is 1.23 bits per heavy atom. The molecule has 30 heavy (non-hydrogen) atoms. The minimum atomic E-state index is -0.0636. The number of carbonyl (C=O) groups excluding carboxylic acids is 1. The molecule has 1 N–H and O–H groups in total. The molecular weight excluding hydrogens is 400 g/mol. The van der Waals surface area contributed by atoms with Gasteiger partial charge in [-0.1, -0.05) is 35.0 Å². The average Bonchev–Trinajstić information content (AvgIpc) is 3.19. The van der Waals surface area contributed by atoms with E-state index >= 15 is 0 Å². The van der Waals surface area contributed by atoms with Crippen molar-refractivity contribution in [3.63, 3.8) is 0 Å². The van der Waals surface area contributed by atoms with Gasteiger partial charge < -0.3 is 9.84 Å². The quantitative estimate of drug-likeness (QED) is 0.633. The highest BCUT2D eigenvalue weighted by molar-refractivity contribution is 6.33. The summed E-state index contributed by atoms with van der Waals surface area (Å²) in [5.74, 6) is 1.01. The summed E-state index contributed by atoms with van der Waals surface area (Å²) in [6.07, 6.45) is 1.83. The number of nitrogens with zero attached hydrogens (tertiary/aromatic N) is 3. The lowest BCUT2D eigenvalue weighted by Gasteiger charge is -2.30. The molecule has 156 valence electrons. The van der Waals surface area contributed by atoms with E-state index < -0.39 is 0 Å². The van der Waals surface area contributed by atoms with Crippen LogP contribution in [0.1, 0.15) is 29.9 Å². The molecule has 6 nitrogen and oxygen atoms in total. The molecule has 0 radical (unpaired) electrons. The summed E-state index contributed by atoms with van der Waals surface area (Å²) >= 11 is 6.22. The summed E-state index contributed by atoms with van der Waals surface area (Å²) in [6.45, 7) is 6.20. The first-order valence-corrected chi connectivity index (χ1v) is 10.6. The van der Waals surface area contributed by atoms with Gasteiger partial charge in [0.2, 0.25) is 17.6 Å². The fourth-order valence-corrected chi connectivity index (χ4v) is 3.96. The molecule has 3 aromatic rings. The molecule has 7 heteroatoms. The van der Waals surface area contributed by atoms with E-state index in [1.54, 1.807) is 6.07 Å². The van der Waals surface area contributed by atoms with Gasteiger partial charge in [0.1, 0.15) is 0 Å². The van der Waals surface area contributed by atoms with Crippen molar-refractivity contribution in [1.29, 1.82) is 0 Å². The molecule has 1 amide bonds. The number of halogens is 1. The van der Waals surface area contributed by atoms with Crippen molar-refractivity contribution in [1.82, 2.24) is 15.0 Å². The highest BCUT2D eigenvalue weighted by Gasteiger charge is 2.27. The Balaban J connectivity index is 1.38. The van der Waals surface area contributed by atoms with Crippen LogP contribution >= 0.6 is 11.6 Å². The molecule has 0 aliphatic carbocycles. The number of carbonyl (C=O) groups is 1. The third kappa shape index (κ3) is 4.71. The van der Waals surface area contributed by atoms with Gasteiger partial charge in [0.25, 0.3) is 0 Å². The van der Waals surface area contributed by atoms with Crippen molar-refractivity contribution in [2.45, 2.75) is 33.2 Å². The topological polar surface area (TPSA) is 71.3 Å². The zero-order valence-corrected chi connectivity index (χ0v) is 17.9. The minimum Gasteiger partial charge on any atom is -0.338 e. The number of benzene rings is 2. The van der Waals surface area contributed by atoms with Crippen molar-refractivity contribution < 1.29 is 9.32 Å². The van der Waals surface area contributed by atoms with Crippen LogP contribution in [-0.2, 0) is 11.3 Å². The monoisotopic (exact) mass is 424 g/mol. The van der Waals surface area contributed by atoms with E-state index in [-0.39, 0.29) is 11.8 Å². The van der Waals surface area contributed by atoms with Crippen LogP contribution in [0, 0.1) is 19.8 Å². The predicted molar refractivity (Wildman–Crippen MR) is 117 cm³/mol. The number of aryl methyl sites for hydroxylation is 2. The molecule has 2 aromatic carbocycles. The van der Waals surface area contributed by atoms with Gasteiger partial charge in [0.05, 0.1) is 17.5 Å². The van der Waals surface area contributed by atoms with Gasteiger partial charge in [-0.25, -0.2) is 0 Å². The fourth-order valence-electron chi connectivity index (χ4n) is 3.74. The second kappa shape index (κ2) is 8.98. The normalized spacial score (nSPS) is 17.1. The van der Waals surface area contributed by atoms with Crippen LogP contribution in [0.5, 0.6) is 0 Å². The Morgan fingerprint density at radius 3 is 2.87 bits per heavy atom. The van der Waals surface area contributed by atoms with E-state index in [1.807, 2.05) is 36.4 Å². The molecular formula is C23H25ClN4O2. The number of aromatic nitrogens is 2. The summed E-state index contributed by atoms with van der Waals surface area (Å²) in [6, 6.07) is 13.4. The first-order valence-electron chi connectivity index (χ1n) is 10.2. The maximum Gasteiger partial charge on any atom is 0.241 e. The van der Waals surface area contributed by atoms with E-state index in [0.717, 1.165) is 30.6 Å². The van der Waals surface area contributed by atoms with Gasteiger partial charge in [0.15, 0.2) is 0 Å².